The average molecular weight is 539 g/mol. The van der Waals surface area contributed by atoms with Crippen LogP contribution in [0.15, 0.2) is 79.1 Å². The third-order valence-corrected chi connectivity index (χ3v) is 7.13. The molecule has 5 heteroatoms. The lowest BCUT2D eigenvalue weighted by Gasteiger charge is -2.49. The van der Waals surface area contributed by atoms with Gasteiger partial charge in [-0.25, -0.2) is 0 Å². The van der Waals surface area contributed by atoms with Crippen LogP contribution in [0.3, 0.4) is 0 Å². The van der Waals surface area contributed by atoms with Crippen LogP contribution in [-0.2, 0) is 11.3 Å². The number of hydrogen-bond acceptors (Lipinski definition) is 3. The van der Waals surface area contributed by atoms with Crippen LogP contribution >= 0.6 is 0 Å². The molecule has 1 fully saturated rings. The molecular formula is C34H58N4O. The maximum atomic E-state index is 13.4. The standard InChI is InChI=1S/C28H40N4O.3C2H6/c1-8-10-16-24(9-2)27(4,5)28(6,7)32-18-17-25(26(32)33)30-19-22(3)31(21-29)20-23-14-12-11-13-15-23;3*1-2/h8-16,21,25,29-30H,2-3,17-20H2,1,4-7H3;3*1-2H3/b10-8-,24-16+,29-21?;;;/t25-;;;/m0.../s1. The zero-order valence-corrected chi connectivity index (χ0v) is 26.9. The monoisotopic (exact) mass is 538 g/mol. The first-order valence-corrected chi connectivity index (χ1v) is 14.6. The molecule has 220 valence electrons. The Labute approximate surface area is 241 Å². The van der Waals surface area contributed by atoms with Crippen LogP contribution in [-0.4, -0.2) is 46.7 Å². The fourth-order valence-corrected chi connectivity index (χ4v) is 4.22. The highest BCUT2D eigenvalue weighted by Crippen LogP contribution is 2.44. The van der Waals surface area contributed by atoms with Gasteiger partial charge in [-0.15, -0.1) is 0 Å². The summed E-state index contributed by atoms with van der Waals surface area (Å²) in [5, 5.41) is 11.2. The number of nitrogens with one attached hydrogen (secondary N) is 2. The van der Waals surface area contributed by atoms with Crippen molar-refractivity contribution in [1.29, 1.82) is 5.41 Å². The Hall–Kier alpha value is -2.92. The van der Waals surface area contributed by atoms with Gasteiger partial charge in [-0.1, -0.05) is 123 Å². The van der Waals surface area contributed by atoms with Gasteiger partial charge < -0.3 is 15.1 Å². The van der Waals surface area contributed by atoms with Crippen LogP contribution in [0, 0.1) is 10.8 Å². The number of benzene rings is 1. The van der Waals surface area contributed by atoms with Crippen molar-refractivity contribution >= 4 is 12.2 Å². The first-order valence-electron chi connectivity index (χ1n) is 14.6. The van der Waals surface area contributed by atoms with E-state index in [2.05, 4.69) is 52.2 Å². The van der Waals surface area contributed by atoms with E-state index in [0.29, 0.717) is 19.6 Å². The molecular weight excluding hydrogens is 480 g/mol. The van der Waals surface area contributed by atoms with Gasteiger partial charge in [0, 0.05) is 36.3 Å². The maximum Gasteiger partial charge on any atom is 0.240 e. The molecule has 1 heterocycles. The molecule has 0 spiro atoms. The Bertz CT molecular complexity index is 912. The second-order valence-corrected chi connectivity index (χ2v) is 9.56. The van der Waals surface area contributed by atoms with E-state index >= 15 is 0 Å². The third kappa shape index (κ3) is 10.6. The van der Waals surface area contributed by atoms with E-state index in [4.69, 9.17) is 5.41 Å². The van der Waals surface area contributed by atoms with Gasteiger partial charge in [0.15, 0.2) is 0 Å². The average Bonchev–Trinajstić information content (AvgIpc) is 3.35. The molecule has 0 aromatic heterocycles. The lowest BCUT2D eigenvalue weighted by molar-refractivity contribution is -0.137. The van der Waals surface area contributed by atoms with Gasteiger partial charge in [-0.05, 0) is 38.3 Å². The van der Waals surface area contributed by atoms with E-state index < -0.39 is 5.54 Å². The molecule has 1 aromatic rings. The third-order valence-electron chi connectivity index (χ3n) is 7.13. The smallest absolute Gasteiger partial charge is 0.240 e. The zero-order chi connectivity index (χ0) is 30.6. The first-order chi connectivity index (χ1) is 18.6. The van der Waals surface area contributed by atoms with E-state index in [0.717, 1.165) is 23.3 Å². The minimum Gasteiger partial charge on any atom is -0.335 e. The van der Waals surface area contributed by atoms with Crippen molar-refractivity contribution in [2.75, 3.05) is 13.1 Å². The van der Waals surface area contributed by atoms with Crippen LogP contribution in [0.25, 0.3) is 0 Å². The lowest BCUT2D eigenvalue weighted by Crippen LogP contribution is -2.56. The Morgan fingerprint density at radius 3 is 2.15 bits per heavy atom. The maximum absolute atomic E-state index is 13.4. The minimum atomic E-state index is -0.395. The topological polar surface area (TPSA) is 59.4 Å². The fourth-order valence-electron chi connectivity index (χ4n) is 4.22. The van der Waals surface area contributed by atoms with Crippen LogP contribution in [0.2, 0.25) is 0 Å². The SMILES string of the molecule is C=C/C(=C\C=C/C)C(C)(C)C(C)(C)N1CC[C@H](NCC(=C)N(C=N)Cc2ccccc2)C1=O.CC.CC.CC. The predicted octanol–water partition coefficient (Wildman–Crippen LogP) is 8.37. The van der Waals surface area contributed by atoms with Crippen molar-refractivity contribution in [3.63, 3.8) is 0 Å². The zero-order valence-electron chi connectivity index (χ0n) is 26.9. The Balaban J connectivity index is 0. The summed E-state index contributed by atoms with van der Waals surface area (Å²) >= 11 is 0. The molecule has 0 saturated carbocycles. The normalized spacial score (nSPS) is 15.3. The fraction of sp³-hybridized carbons (Fsp3) is 0.529. The summed E-state index contributed by atoms with van der Waals surface area (Å²) in [4.78, 5) is 17.2. The van der Waals surface area contributed by atoms with E-state index in [1.54, 1.807) is 4.90 Å². The van der Waals surface area contributed by atoms with E-state index in [1.165, 1.54) is 6.34 Å². The van der Waals surface area contributed by atoms with Crippen molar-refractivity contribution < 1.29 is 4.79 Å². The molecule has 0 aliphatic carbocycles. The number of carbonyl (C=O) groups is 1. The van der Waals surface area contributed by atoms with Crippen molar-refractivity contribution in [3.8, 4) is 0 Å². The van der Waals surface area contributed by atoms with Gasteiger partial charge in [-0.3, -0.25) is 10.2 Å². The highest BCUT2D eigenvalue weighted by atomic mass is 16.2. The number of rotatable bonds is 12. The molecule has 1 saturated heterocycles. The number of allylic oxidation sites excluding steroid dienone is 4. The van der Waals surface area contributed by atoms with Crippen molar-refractivity contribution in [2.45, 2.75) is 101 Å². The summed E-state index contributed by atoms with van der Waals surface area (Å²) in [6, 6.07) is 9.75. The predicted molar refractivity (Wildman–Crippen MR) is 173 cm³/mol. The minimum absolute atomic E-state index is 0.111. The van der Waals surface area contributed by atoms with Gasteiger partial charge in [0.1, 0.15) is 0 Å². The highest BCUT2D eigenvalue weighted by Gasteiger charge is 2.48. The van der Waals surface area contributed by atoms with Gasteiger partial charge >= 0.3 is 0 Å². The summed E-state index contributed by atoms with van der Waals surface area (Å²) < 4.78 is 0. The van der Waals surface area contributed by atoms with E-state index in [1.807, 2.05) is 102 Å². The van der Waals surface area contributed by atoms with Gasteiger partial charge in [0.2, 0.25) is 5.91 Å². The van der Waals surface area contributed by atoms with E-state index in [9.17, 15) is 4.79 Å². The Morgan fingerprint density at radius 2 is 1.67 bits per heavy atom. The van der Waals surface area contributed by atoms with Crippen molar-refractivity contribution in [3.05, 3.63) is 84.6 Å². The molecule has 1 aliphatic heterocycles. The van der Waals surface area contributed by atoms with Crippen molar-refractivity contribution in [2.24, 2.45) is 5.41 Å². The van der Waals surface area contributed by atoms with Crippen LogP contribution in [0.4, 0.5) is 0 Å². The molecule has 0 bridgehead atoms. The van der Waals surface area contributed by atoms with Gasteiger partial charge in [0.05, 0.1) is 12.4 Å². The molecule has 39 heavy (non-hydrogen) atoms. The largest absolute Gasteiger partial charge is 0.335 e. The van der Waals surface area contributed by atoms with Crippen LogP contribution in [0.5, 0.6) is 0 Å². The summed E-state index contributed by atoms with van der Waals surface area (Å²) in [6.07, 6.45) is 10.0. The number of nitrogens with zero attached hydrogens (tertiary/aromatic N) is 2. The molecule has 1 amide bonds. The second kappa shape index (κ2) is 20.0. The quantitative estimate of drug-likeness (QED) is 0.160. The second-order valence-electron chi connectivity index (χ2n) is 9.56. The molecule has 2 N–H and O–H groups in total. The molecule has 0 unspecified atom stereocenters. The molecule has 0 radical (unpaired) electrons. The molecule has 1 aliphatic rings. The number of amides is 1. The highest BCUT2D eigenvalue weighted by molar-refractivity contribution is 5.85. The van der Waals surface area contributed by atoms with Gasteiger partial charge in [-0.2, -0.15) is 0 Å². The van der Waals surface area contributed by atoms with Crippen LogP contribution < -0.4 is 5.32 Å². The molecule has 1 atom stereocenters. The summed E-state index contributed by atoms with van der Waals surface area (Å²) in [5.74, 6) is 0.111. The number of likely N-dealkylation sites (tertiary alicyclic amines) is 1. The summed E-state index contributed by atoms with van der Waals surface area (Å²) in [5.41, 5.74) is 2.30. The molecule has 1 aromatic carbocycles. The first kappa shape index (κ1) is 38.2. The van der Waals surface area contributed by atoms with Crippen LogP contribution in [0.1, 0.15) is 88.1 Å². The number of hydrogen-bond donors (Lipinski definition) is 2. The van der Waals surface area contributed by atoms with Crippen molar-refractivity contribution in [1.82, 2.24) is 15.1 Å². The van der Waals surface area contributed by atoms with Gasteiger partial charge in [0.25, 0.3) is 0 Å². The Kier molecular flexibility index (Phi) is 19.7. The van der Waals surface area contributed by atoms with E-state index in [-0.39, 0.29) is 17.4 Å². The lowest BCUT2D eigenvalue weighted by atomic mass is 9.68. The molecule has 2 rings (SSSR count). The number of carbonyl (C=O) groups excluding carboxylic acids is 1. The summed E-state index contributed by atoms with van der Waals surface area (Å²) in [6.45, 7) is 32.5. The molecule has 5 nitrogen and oxygen atoms in total. The Morgan fingerprint density at radius 1 is 1.10 bits per heavy atom. The summed E-state index contributed by atoms with van der Waals surface area (Å²) in [7, 11) is 0.